The molecule has 0 aliphatic rings. The van der Waals surface area contributed by atoms with Crippen LogP contribution < -0.4 is 14.8 Å². The normalized spacial score (nSPS) is 10.6. The Bertz CT molecular complexity index is 625. The molecule has 130 valence electrons. The molecule has 0 heterocycles. The zero-order valence-corrected chi connectivity index (χ0v) is 15.1. The van der Waals surface area contributed by atoms with Crippen molar-refractivity contribution in [3.05, 3.63) is 59.2 Å². The summed E-state index contributed by atoms with van der Waals surface area (Å²) in [6, 6.07) is 14.6. The Kier molecular flexibility index (Phi) is 7.63. The van der Waals surface area contributed by atoms with Crippen molar-refractivity contribution in [3.63, 3.8) is 0 Å². The monoisotopic (exact) mass is 327 g/mol. The average Bonchev–Trinajstić information content (AvgIpc) is 2.61. The van der Waals surface area contributed by atoms with Gasteiger partial charge in [-0.3, -0.25) is 0 Å². The largest absolute Gasteiger partial charge is 0.493 e. The quantitative estimate of drug-likeness (QED) is 0.632. The number of hydrogen-bond donors (Lipinski definition) is 1. The summed E-state index contributed by atoms with van der Waals surface area (Å²) in [6.07, 6.45) is 3.48. The molecule has 0 aliphatic carbocycles. The summed E-state index contributed by atoms with van der Waals surface area (Å²) in [7, 11) is 1.69. The summed E-state index contributed by atoms with van der Waals surface area (Å²) in [6.45, 7) is 6.75. The van der Waals surface area contributed by atoms with Gasteiger partial charge in [0.15, 0.2) is 11.5 Å². The van der Waals surface area contributed by atoms with Gasteiger partial charge < -0.3 is 14.8 Å². The smallest absolute Gasteiger partial charge is 0.161 e. The van der Waals surface area contributed by atoms with Gasteiger partial charge >= 0.3 is 0 Å². The van der Waals surface area contributed by atoms with Crippen LogP contribution in [-0.4, -0.2) is 13.7 Å². The molecule has 0 radical (unpaired) electrons. The molecule has 0 amide bonds. The minimum atomic E-state index is 0.745. The standard InChI is InChI=1S/C21H29NO2/c1-4-5-8-13-24-20-12-11-18(14-21(20)23-3)15-22-16-19-10-7-6-9-17(19)2/h6-7,9-12,14,22H,4-5,8,13,15-16H2,1-3H3. The van der Waals surface area contributed by atoms with Crippen LogP contribution in [0, 0.1) is 6.92 Å². The van der Waals surface area contributed by atoms with E-state index in [2.05, 4.69) is 55.6 Å². The summed E-state index contributed by atoms with van der Waals surface area (Å²) in [4.78, 5) is 0. The van der Waals surface area contributed by atoms with Crippen molar-refractivity contribution in [2.45, 2.75) is 46.2 Å². The molecule has 2 aromatic carbocycles. The Labute approximate surface area is 146 Å². The molecule has 0 atom stereocenters. The topological polar surface area (TPSA) is 30.5 Å². The van der Waals surface area contributed by atoms with Gasteiger partial charge in [-0.25, -0.2) is 0 Å². The van der Waals surface area contributed by atoms with Gasteiger partial charge in [0.05, 0.1) is 13.7 Å². The molecule has 0 aromatic heterocycles. The fourth-order valence-corrected chi connectivity index (χ4v) is 2.63. The van der Waals surface area contributed by atoms with Gasteiger partial charge in [-0.2, -0.15) is 0 Å². The molecular weight excluding hydrogens is 298 g/mol. The number of methoxy groups -OCH3 is 1. The van der Waals surface area contributed by atoms with E-state index in [1.54, 1.807) is 7.11 Å². The van der Waals surface area contributed by atoms with E-state index in [1.807, 2.05) is 6.07 Å². The zero-order valence-electron chi connectivity index (χ0n) is 15.1. The van der Waals surface area contributed by atoms with E-state index in [9.17, 15) is 0 Å². The maximum Gasteiger partial charge on any atom is 0.161 e. The molecule has 0 spiro atoms. The highest BCUT2D eigenvalue weighted by Crippen LogP contribution is 2.28. The van der Waals surface area contributed by atoms with Crippen molar-refractivity contribution in [3.8, 4) is 11.5 Å². The van der Waals surface area contributed by atoms with E-state index in [1.165, 1.54) is 29.5 Å². The van der Waals surface area contributed by atoms with Crippen molar-refractivity contribution < 1.29 is 9.47 Å². The third-order valence-corrected chi connectivity index (χ3v) is 4.14. The van der Waals surface area contributed by atoms with E-state index in [0.717, 1.165) is 37.6 Å². The minimum absolute atomic E-state index is 0.745. The first-order chi connectivity index (χ1) is 11.7. The van der Waals surface area contributed by atoms with Gasteiger partial charge in [0.2, 0.25) is 0 Å². The van der Waals surface area contributed by atoms with Crippen molar-refractivity contribution in [2.75, 3.05) is 13.7 Å². The van der Waals surface area contributed by atoms with Gasteiger partial charge in [0.25, 0.3) is 0 Å². The molecule has 2 aromatic rings. The van der Waals surface area contributed by atoms with Gasteiger partial charge in [0.1, 0.15) is 0 Å². The molecular formula is C21H29NO2. The predicted molar refractivity (Wildman–Crippen MR) is 99.7 cm³/mol. The Balaban J connectivity index is 1.88. The third-order valence-electron chi connectivity index (χ3n) is 4.14. The van der Waals surface area contributed by atoms with Gasteiger partial charge in [0, 0.05) is 13.1 Å². The lowest BCUT2D eigenvalue weighted by Crippen LogP contribution is -2.13. The number of benzene rings is 2. The number of nitrogens with one attached hydrogen (secondary N) is 1. The van der Waals surface area contributed by atoms with Crippen molar-refractivity contribution in [1.29, 1.82) is 0 Å². The van der Waals surface area contributed by atoms with Crippen LogP contribution in [0.4, 0.5) is 0 Å². The number of aryl methyl sites for hydroxylation is 1. The highest BCUT2D eigenvalue weighted by molar-refractivity contribution is 5.43. The molecule has 0 unspecified atom stereocenters. The molecule has 0 saturated heterocycles. The molecule has 0 saturated carbocycles. The second-order valence-electron chi connectivity index (χ2n) is 6.07. The molecule has 2 rings (SSSR count). The summed E-state index contributed by atoms with van der Waals surface area (Å²) >= 11 is 0. The van der Waals surface area contributed by atoms with Gasteiger partial charge in [-0.1, -0.05) is 50.1 Å². The lowest BCUT2D eigenvalue weighted by molar-refractivity contribution is 0.286. The molecule has 1 N–H and O–H groups in total. The molecule has 0 fully saturated rings. The van der Waals surface area contributed by atoms with Gasteiger partial charge in [-0.05, 0) is 42.2 Å². The third kappa shape index (κ3) is 5.57. The van der Waals surface area contributed by atoms with Crippen molar-refractivity contribution in [2.24, 2.45) is 0 Å². The SMILES string of the molecule is CCCCCOc1ccc(CNCc2ccccc2C)cc1OC. The molecule has 0 bridgehead atoms. The Morgan fingerprint density at radius 3 is 2.54 bits per heavy atom. The van der Waals surface area contributed by atoms with Crippen molar-refractivity contribution >= 4 is 0 Å². The van der Waals surface area contributed by atoms with Crippen LogP contribution >= 0.6 is 0 Å². The van der Waals surface area contributed by atoms with Crippen molar-refractivity contribution in [1.82, 2.24) is 5.32 Å². The number of rotatable bonds is 10. The minimum Gasteiger partial charge on any atom is -0.493 e. The summed E-state index contributed by atoms with van der Waals surface area (Å²) in [5.41, 5.74) is 3.85. The lowest BCUT2D eigenvalue weighted by atomic mass is 10.1. The first-order valence-corrected chi connectivity index (χ1v) is 8.79. The molecule has 0 aliphatic heterocycles. The average molecular weight is 327 g/mol. The van der Waals surface area contributed by atoms with E-state index in [-0.39, 0.29) is 0 Å². The lowest BCUT2D eigenvalue weighted by Gasteiger charge is -2.13. The maximum absolute atomic E-state index is 5.83. The van der Waals surface area contributed by atoms with Crippen LogP contribution in [0.3, 0.4) is 0 Å². The highest BCUT2D eigenvalue weighted by Gasteiger charge is 2.06. The zero-order chi connectivity index (χ0) is 17.2. The molecule has 24 heavy (non-hydrogen) atoms. The Morgan fingerprint density at radius 2 is 1.79 bits per heavy atom. The summed E-state index contributed by atoms with van der Waals surface area (Å²) in [5, 5.41) is 3.49. The fourth-order valence-electron chi connectivity index (χ4n) is 2.63. The second-order valence-corrected chi connectivity index (χ2v) is 6.07. The van der Waals surface area contributed by atoms with Crippen LogP contribution in [0.25, 0.3) is 0 Å². The van der Waals surface area contributed by atoms with Crippen LogP contribution in [0.15, 0.2) is 42.5 Å². The fraction of sp³-hybridized carbons (Fsp3) is 0.429. The molecule has 3 nitrogen and oxygen atoms in total. The Hall–Kier alpha value is -2.00. The van der Waals surface area contributed by atoms with E-state index in [4.69, 9.17) is 9.47 Å². The molecule has 3 heteroatoms. The highest BCUT2D eigenvalue weighted by atomic mass is 16.5. The van der Waals surface area contributed by atoms with Crippen LogP contribution in [0.2, 0.25) is 0 Å². The van der Waals surface area contributed by atoms with E-state index < -0.39 is 0 Å². The first kappa shape index (κ1) is 18.3. The maximum atomic E-state index is 5.83. The van der Waals surface area contributed by atoms with Crippen LogP contribution in [-0.2, 0) is 13.1 Å². The van der Waals surface area contributed by atoms with Crippen LogP contribution in [0.5, 0.6) is 11.5 Å². The Morgan fingerprint density at radius 1 is 0.958 bits per heavy atom. The summed E-state index contributed by atoms with van der Waals surface area (Å²) < 4.78 is 11.3. The van der Waals surface area contributed by atoms with E-state index in [0.29, 0.717) is 0 Å². The summed E-state index contributed by atoms with van der Waals surface area (Å²) in [5.74, 6) is 1.64. The second kappa shape index (κ2) is 9.99. The van der Waals surface area contributed by atoms with E-state index >= 15 is 0 Å². The number of unbranched alkanes of at least 4 members (excludes halogenated alkanes) is 2. The first-order valence-electron chi connectivity index (χ1n) is 8.79. The number of hydrogen-bond acceptors (Lipinski definition) is 3. The predicted octanol–water partition coefficient (Wildman–Crippen LogP) is 4.86. The van der Waals surface area contributed by atoms with Gasteiger partial charge in [-0.15, -0.1) is 0 Å². The van der Waals surface area contributed by atoms with Crippen LogP contribution in [0.1, 0.15) is 42.9 Å². The number of ether oxygens (including phenoxy) is 2.